The maximum atomic E-state index is 12.6. The normalized spacial score (nSPS) is 21.6. The zero-order chi connectivity index (χ0) is 51.5. The SMILES string of the molecule is CC(C)(C)OC(=O)N1CCC(CCCC2CCN(c3nc(N4CCC(CCCC5CCN(C(=O)OC(C)(C)C)CC5)CC4)nc(N4CCC(CCCC5CCN(C(=O)OC(C)(C)C)CC5)CC4)n3)CC2)CC1. The van der Waals surface area contributed by atoms with Gasteiger partial charge < -0.3 is 43.6 Å². The van der Waals surface area contributed by atoms with Crippen LogP contribution in [0.2, 0.25) is 0 Å². The summed E-state index contributed by atoms with van der Waals surface area (Å²) in [6.07, 6.45) is 24.4. The van der Waals surface area contributed by atoms with Gasteiger partial charge in [-0.2, -0.15) is 15.0 Å². The zero-order valence-electron chi connectivity index (χ0n) is 46.8. The number of amides is 3. The molecule has 0 spiro atoms. The van der Waals surface area contributed by atoms with Crippen LogP contribution in [0.15, 0.2) is 0 Å². The molecule has 6 saturated heterocycles. The Morgan fingerprint density at radius 1 is 0.347 bits per heavy atom. The van der Waals surface area contributed by atoms with E-state index >= 15 is 0 Å². The minimum Gasteiger partial charge on any atom is -0.444 e. The Balaban J connectivity index is 0.872. The van der Waals surface area contributed by atoms with Gasteiger partial charge in [0.15, 0.2) is 0 Å². The Kier molecular flexibility index (Phi) is 19.9. The van der Waals surface area contributed by atoms with Crippen LogP contribution in [0.5, 0.6) is 0 Å². The third-order valence-corrected chi connectivity index (χ3v) is 16.8. The number of hydrogen-bond acceptors (Lipinski definition) is 12. The summed E-state index contributed by atoms with van der Waals surface area (Å²) in [5.41, 5.74) is -1.35. The van der Waals surface area contributed by atoms with E-state index < -0.39 is 16.8 Å². The van der Waals surface area contributed by atoms with Crippen LogP contribution >= 0.6 is 0 Å². The second-order valence-corrected chi connectivity index (χ2v) is 26.1. The number of nitrogens with zero attached hydrogens (tertiary/aromatic N) is 9. The third-order valence-electron chi connectivity index (χ3n) is 16.8. The largest absolute Gasteiger partial charge is 0.444 e. The van der Waals surface area contributed by atoms with Crippen LogP contribution in [0.4, 0.5) is 32.2 Å². The van der Waals surface area contributed by atoms with Gasteiger partial charge in [0.2, 0.25) is 17.8 Å². The second-order valence-electron chi connectivity index (χ2n) is 26.1. The summed E-state index contributed by atoms with van der Waals surface area (Å²) in [5, 5.41) is 0. The predicted molar refractivity (Wildman–Crippen MR) is 288 cm³/mol. The molecular weight excluding hydrogens is 907 g/mol. The van der Waals surface area contributed by atoms with Crippen molar-refractivity contribution in [2.75, 3.05) is 93.2 Å². The summed E-state index contributed by atoms with van der Waals surface area (Å²) in [6, 6.07) is 0. The topological polar surface area (TPSA) is 137 Å². The molecule has 15 nitrogen and oxygen atoms in total. The fourth-order valence-electron chi connectivity index (χ4n) is 12.3. The van der Waals surface area contributed by atoms with Crippen molar-refractivity contribution >= 4 is 36.1 Å². The maximum Gasteiger partial charge on any atom is 0.410 e. The summed E-state index contributed by atoms with van der Waals surface area (Å²) in [4.78, 5) is 66.6. The smallest absolute Gasteiger partial charge is 0.410 e. The molecule has 0 aromatic carbocycles. The van der Waals surface area contributed by atoms with Crippen LogP contribution in [-0.4, -0.2) is 143 Å². The molecule has 3 amide bonds. The minimum atomic E-state index is -0.449. The lowest BCUT2D eigenvalue weighted by Crippen LogP contribution is -2.41. The number of carbonyl (C=O) groups is 3. The molecule has 0 aliphatic carbocycles. The quantitative estimate of drug-likeness (QED) is 0.155. The molecule has 408 valence electrons. The molecule has 0 radical (unpaired) electrons. The number of rotatable bonds is 15. The van der Waals surface area contributed by atoms with Crippen molar-refractivity contribution in [2.24, 2.45) is 35.5 Å². The first-order valence-electron chi connectivity index (χ1n) is 29.2. The van der Waals surface area contributed by atoms with E-state index in [0.717, 1.165) is 153 Å². The van der Waals surface area contributed by atoms with Gasteiger partial charge in [-0.15, -0.1) is 0 Å². The lowest BCUT2D eigenvalue weighted by molar-refractivity contribution is 0.0169. The minimum absolute atomic E-state index is 0.165. The van der Waals surface area contributed by atoms with Crippen molar-refractivity contribution in [2.45, 2.75) is 214 Å². The van der Waals surface area contributed by atoms with Crippen LogP contribution in [0.3, 0.4) is 0 Å². The number of aromatic nitrogens is 3. The first-order valence-corrected chi connectivity index (χ1v) is 29.2. The van der Waals surface area contributed by atoms with Gasteiger partial charge in [-0.25, -0.2) is 14.4 Å². The highest BCUT2D eigenvalue weighted by Gasteiger charge is 2.33. The molecule has 7 rings (SSSR count). The summed E-state index contributed by atoms with van der Waals surface area (Å²) in [6.45, 7) is 28.3. The Morgan fingerprint density at radius 2 is 0.528 bits per heavy atom. The van der Waals surface area contributed by atoms with Gasteiger partial charge in [-0.3, -0.25) is 0 Å². The number of likely N-dealkylation sites (tertiary alicyclic amines) is 3. The van der Waals surface area contributed by atoms with Gasteiger partial charge >= 0.3 is 18.3 Å². The highest BCUT2D eigenvalue weighted by Crippen LogP contribution is 2.34. The average Bonchev–Trinajstić information content (AvgIpc) is 3.33. The highest BCUT2D eigenvalue weighted by molar-refractivity contribution is 5.69. The van der Waals surface area contributed by atoms with Crippen molar-refractivity contribution in [3.63, 3.8) is 0 Å². The van der Waals surface area contributed by atoms with Crippen LogP contribution in [-0.2, 0) is 14.2 Å². The summed E-state index contributed by atoms with van der Waals surface area (Å²) in [7, 11) is 0. The molecular formula is C57H99N9O6. The molecule has 6 aliphatic rings. The summed E-state index contributed by atoms with van der Waals surface area (Å²) < 4.78 is 16.9. The fraction of sp³-hybridized carbons (Fsp3) is 0.895. The van der Waals surface area contributed by atoms with Crippen molar-refractivity contribution in [3.8, 4) is 0 Å². The number of hydrogen-bond donors (Lipinski definition) is 0. The lowest BCUT2D eigenvalue weighted by atomic mass is 9.87. The first kappa shape index (κ1) is 56.0. The second kappa shape index (κ2) is 25.6. The standard InChI is InChI=1S/C57H99N9O6/c1-55(2,3)70-52(67)64-37-25-46(26-38-64)16-10-13-43-19-31-61(32-20-43)49-58-50(62-33-21-44(22-34-62)14-11-17-47-27-39-65(40-28-47)53(68)71-56(4,5)6)60-51(59-49)63-35-23-45(24-36-63)15-12-18-48-29-41-66(42-30-48)54(69)72-57(7,8)9/h43-48H,10-42H2,1-9H3. The Morgan fingerprint density at radius 3 is 0.708 bits per heavy atom. The van der Waals surface area contributed by atoms with E-state index in [2.05, 4.69) is 14.7 Å². The zero-order valence-corrected chi connectivity index (χ0v) is 46.8. The molecule has 1 aromatic rings. The van der Waals surface area contributed by atoms with Crippen molar-refractivity contribution in [3.05, 3.63) is 0 Å². The molecule has 0 unspecified atom stereocenters. The van der Waals surface area contributed by atoms with Crippen molar-refractivity contribution in [1.29, 1.82) is 0 Å². The van der Waals surface area contributed by atoms with Crippen LogP contribution in [0, 0.1) is 35.5 Å². The maximum absolute atomic E-state index is 12.6. The number of ether oxygens (including phenoxy) is 3. The summed E-state index contributed by atoms with van der Waals surface area (Å²) in [5.74, 6) is 6.89. The Hall–Kier alpha value is -3.78. The third kappa shape index (κ3) is 18.0. The molecule has 7 heterocycles. The molecule has 6 fully saturated rings. The van der Waals surface area contributed by atoms with Crippen molar-refractivity contribution in [1.82, 2.24) is 29.7 Å². The molecule has 72 heavy (non-hydrogen) atoms. The van der Waals surface area contributed by atoms with Crippen LogP contribution in [0.1, 0.15) is 197 Å². The molecule has 0 bridgehead atoms. The molecule has 0 atom stereocenters. The van der Waals surface area contributed by atoms with Gasteiger partial charge in [-0.05, 0) is 175 Å². The predicted octanol–water partition coefficient (Wildman–Crippen LogP) is 12.0. The van der Waals surface area contributed by atoms with Crippen molar-refractivity contribution < 1.29 is 28.6 Å². The molecule has 6 aliphatic heterocycles. The van der Waals surface area contributed by atoms with E-state index in [0.29, 0.717) is 17.8 Å². The van der Waals surface area contributed by atoms with E-state index in [1.54, 1.807) is 0 Å². The number of carbonyl (C=O) groups excluding carboxylic acids is 3. The van der Waals surface area contributed by atoms with E-state index in [1.165, 1.54) is 96.3 Å². The van der Waals surface area contributed by atoms with E-state index in [1.807, 2.05) is 77.0 Å². The molecule has 0 saturated carbocycles. The van der Waals surface area contributed by atoms with Gasteiger partial charge in [-0.1, -0.05) is 57.8 Å². The first-order chi connectivity index (χ1) is 34.2. The molecule has 1 aromatic heterocycles. The number of anilines is 3. The van der Waals surface area contributed by atoms with E-state index in [9.17, 15) is 14.4 Å². The van der Waals surface area contributed by atoms with Gasteiger partial charge in [0.1, 0.15) is 16.8 Å². The van der Waals surface area contributed by atoms with E-state index in [-0.39, 0.29) is 18.3 Å². The van der Waals surface area contributed by atoms with E-state index in [4.69, 9.17) is 29.2 Å². The van der Waals surface area contributed by atoms with Gasteiger partial charge in [0.05, 0.1) is 0 Å². The van der Waals surface area contributed by atoms with Crippen LogP contribution < -0.4 is 14.7 Å². The highest BCUT2D eigenvalue weighted by atomic mass is 16.6. The Bertz CT molecular complexity index is 1610. The fourth-order valence-corrected chi connectivity index (χ4v) is 12.3. The Labute approximate surface area is 435 Å². The monoisotopic (exact) mass is 1010 g/mol. The molecule has 0 N–H and O–H groups in total. The molecule has 15 heteroatoms. The van der Waals surface area contributed by atoms with Gasteiger partial charge in [0, 0.05) is 78.5 Å². The lowest BCUT2D eigenvalue weighted by Gasteiger charge is -2.37. The number of piperidine rings is 6. The van der Waals surface area contributed by atoms with Crippen LogP contribution in [0.25, 0.3) is 0 Å². The summed E-state index contributed by atoms with van der Waals surface area (Å²) >= 11 is 0. The average molecular weight is 1010 g/mol. The van der Waals surface area contributed by atoms with Gasteiger partial charge in [0.25, 0.3) is 0 Å².